The first kappa shape index (κ1) is 13.9. The summed E-state index contributed by atoms with van der Waals surface area (Å²) in [6, 6.07) is 8.11. The number of amides is 1. The Labute approximate surface area is 117 Å². The first-order chi connectivity index (χ1) is 9.13. The second-order valence-corrected chi connectivity index (χ2v) is 5.63. The average molecular weight is 275 g/mol. The lowest BCUT2D eigenvalue weighted by atomic mass is 10.1. The van der Waals surface area contributed by atoms with E-state index in [0.29, 0.717) is 25.1 Å². The number of unbranched alkanes of at least 4 members (excludes halogenated alkanes) is 1. The maximum atomic E-state index is 12.0. The number of nitrogens with two attached hydrogens (primary N) is 1. The largest absolute Gasteiger partial charge is 0.324 e. The predicted octanol–water partition coefficient (Wildman–Crippen LogP) is 2.45. The van der Waals surface area contributed by atoms with Crippen LogP contribution >= 0.6 is 11.8 Å². The molecule has 4 nitrogen and oxygen atoms in total. The Kier molecular flexibility index (Phi) is 4.46. The summed E-state index contributed by atoms with van der Waals surface area (Å²) in [5, 5.41) is 8.58. The molecule has 1 amide bonds. The minimum absolute atomic E-state index is 0.00410. The zero-order valence-electron chi connectivity index (χ0n) is 10.9. The minimum atomic E-state index is -0.00410. The molecule has 0 aromatic heterocycles. The summed E-state index contributed by atoms with van der Waals surface area (Å²) in [7, 11) is 0. The smallest absolute Gasteiger partial charge is 0.237 e. The van der Waals surface area contributed by atoms with E-state index in [1.807, 2.05) is 19.1 Å². The van der Waals surface area contributed by atoms with E-state index in [9.17, 15) is 4.79 Å². The number of carbonyl (C=O) groups excluding carboxylic acids is 1. The van der Waals surface area contributed by atoms with Crippen LogP contribution in [0, 0.1) is 11.3 Å². The van der Waals surface area contributed by atoms with E-state index in [0.717, 1.165) is 16.1 Å². The van der Waals surface area contributed by atoms with Gasteiger partial charge in [-0.05, 0) is 31.0 Å². The highest BCUT2D eigenvalue weighted by Crippen LogP contribution is 2.36. The topological polar surface area (TPSA) is 70.1 Å². The van der Waals surface area contributed by atoms with Crippen molar-refractivity contribution in [2.24, 2.45) is 5.73 Å². The maximum absolute atomic E-state index is 12.0. The molecule has 0 radical (unpaired) electrons. The molecular formula is C14H17N3OS. The van der Waals surface area contributed by atoms with Crippen molar-refractivity contribution in [3.63, 3.8) is 0 Å². The van der Waals surface area contributed by atoms with Gasteiger partial charge in [0.05, 0.1) is 17.5 Å². The molecule has 1 unspecified atom stereocenters. The second-order valence-electron chi connectivity index (χ2n) is 4.61. The van der Waals surface area contributed by atoms with Crippen LogP contribution in [0.4, 0.5) is 5.69 Å². The van der Waals surface area contributed by atoms with Crippen molar-refractivity contribution in [3.05, 3.63) is 23.8 Å². The number of nitriles is 1. The van der Waals surface area contributed by atoms with Crippen LogP contribution in [0.2, 0.25) is 0 Å². The Morgan fingerprint density at radius 3 is 3.05 bits per heavy atom. The van der Waals surface area contributed by atoms with Crippen LogP contribution < -0.4 is 10.6 Å². The Morgan fingerprint density at radius 1 is 1.58 bits per heavy atom. The van der Waals surface area contributed by atoms with Gasteiger partial charge in [-0.25, -0.2) is 0 Å². The molecule has 100 valence electrons. The Balaban J connectivity index is 2.24. The highest BCUT2D eigenvalue weighted by Gasteiger charge is 2.24. The summed E-state index contributed by atoms with van der Waals surface area (Å²) >= 11 is 1.56. The number of hydrogen-bond donors (Lipinski definition) is 1. The van der Waals surface area contributed by atoms with Gasteiger partial charge >= 0.3 is 0 Å². The van der Waals surface area contributed by atoms with Crippen molar-refractivity contribution in [2.75, 3.05) is 17.2 Å². The van der Waals surface area contributed by atoms with Crippen molar-refractivity contribution in [1.82, 2.24) is 0 Å². The van der Waals surface area contributed by atoms with Crippen molar-refractivity contribution < 1.29 is 4.79 Å². The van der Waals surface area contributed by atoms with Crippen molar-refractivity contribution in [3.8, 4) is 6.07 Å². The summed E-state index contributed by atoms with van der Waals surface area (Å²) in [4.78, 5) is 14.9. The molecule has 0 bridgehead atoms. The summed E-state index contributed by atoms with van der Waals surface area (Å²) in [5.74, 6) is 0.575. The predicted molar refractivity (Wildman–Crippen MR) is 77.0 cm³/mol. The fourth-order valence-electron chi connectivity index (χ4n) is 2.07. The number of benzene rings is 1. The van der Waals surface area contributed by atoms with Gasteiger partial charge in [-0.3, -0.25) is 4.79 Å². The Bertz CT molecular complexity index is 522. The van der Waals surface area contributed by atoms with Crippen LogP contribution in [0.25, 0.3) is 0 Å². The van der Waals surface area contributed by atoms with Crippen LogP contribution in [0.1, 0.15) is 31.4 Å². The first-order valence-electron chi connectivity index (χ1n) is 6.33. The van der Waals surface area contributed by atoms with Gasteiger partial charge in [-0.15, -0.1) is 11.8 Å². The standard InChI is InChI=1S/C14H17N3OS/c1-10(16)11-4-5-12-13(8-11)19-9-14(18)17(12)7-3-2-6-15/h4-5,8,10H,2-3,7,9,16H2,1H3. The van der Waals surface area contributed by atoms with Crippen molar-refractivity contribution in [1.29, 1.82) is 5.26 Å². The molecule has 19 heavy (non-hydrogen) atoms. The van der Waals surface area contributed by atoms with Crippen LogP contribution in [-0.2, 0) is 4.79 Å². The lowest BCUT2D eigenvalue weighted by Gasteiger charge is -2.29. The van der Waals surface area contributed by atoms with E-state index in [-0.39, 0.29) is 11.9 Å². The first-order valence-corrected chi connectivity index (χ1v) is 7.31. The molecule has 1 aromatic carbocycles. The molecule has 2 rings (SSSR count). The lowest BCUT2D eigenvalue weighted by molar-refractivity contribution is -0.116. The van der Waals surface area contributed by atoms with Crippen LogP contribution in [0.15, 0.2) is 23.1 Å². The van der Waals surface area contributed by atoms with Gasteiger partial charge in [0.25, 0.3) is 0 Å². The molecule has 2 N–H and O–H groups in total. The van der Waals surface area contributed by atoms with Gasteiger partial charge in [0, 0.05) is 23.9 Å². The monoisotopic (exact) mass is 275 g/mol. The zero-order valence-corrected chi connectivity index (χ0v) is 11.7. The molecule has 0 fully saturated rings. The number of nitrogens with zero attached hydrogens (tertiary/aromatic N) is 2. The van der Waals surface area contributed by atoms with Crippen LogP contribution in [0.3, 0.4) is 0 Å². The fraction of sp³-hybridized carbons (Fsp3) is 0.429. The number of rotatable bonds is 4. The summed E-state index contributed by atoms with van der Waals surface area (Å²) < 4.78 is 0. The third-order valence-electron chi connectivity index (χ3n) is 3.12. The van der Waals surface area contributed by atoms with Gasteiger partial charge in [0.15, 0.2) is 0 Å². The van der Waals surface area contributed by atoms with E-state index in [1.165, 1.54) is 0 Å². The third-order valence-corrected chi connectivity index (χ3v) is 4.15. The number of carbonyl (C=O) groups is 1. The van der Waals surface area contributed by atoms with Gasteiger partial charge in [-0.2, -0.15) is 5.26 Å². The van der Waals surface area contributed by atoms with Gasteiger partial charge in [0.2, 0.25) is 5.91 Å². The SMILES string of the molecule is CC(N)c1ccc2c(c1)SCC(=O)N2CCCC#N. The van der Waals surface area contributed by atoms with E-state index in [1.54, 1.807) is 16.7 Å². The molecule has 1 aliphatic heterocycles. The summed E-state index contributed by atoms with van der Waals surface area (Å²) in [6.07, 6.45) is 1.19. The van der Waals surface area contributed by atoms with Crippen molar-refractivity contribution >= 4 is 23.4 Å². The molecule has 5 heteroatoms. The summed E-state index contributed by atoms with van der Waals surface area (Å²) in [5.41, 5.74) is 7.91. The lowest BCUT2D eigenvalue weighted by Crippen LogP contribution is -2.36. The highest BCUT2D eigenvalue weighted by atomic mass is 32.2. The molecule has 1 aromatic rings. The van der Waals surface area contributed by atoms with E-state index in [2.05, 4.69) is 12.1 Å². The fourth-order valence-corrected chi connectivity index (χ4v) is 3.05. The average Bonchev–Trinajstić information content (AvgIpc) is 2.40. The number of fused-ring (bicyclic) bond motifs is 1. The normalized spacial score (nSPS) is 15.8. The zero-order chi connectivity index (χ0) is 13.8. The van der Waals surface area contributed by atoms with E-state index >= 15 is 0 Å². The molecule has 0 spiro atoms. The van der Waals surface area contributed by atoms with E-state index in [4.69, 9.17) is 11.0 Å². The Hall–Kier alpha value is -1.51. The van der Waals surface area contributed by atoms with Gasteiger partial charge < -0.3 is 10.6 Å². The van der Waals surface area contributed by atoms with Crippen LogP contribution in [-0.4, -0.2) is 18.2 Å². The maximum Gasteiger partial charge on any atom is 0.237 e. The van der Waals surface area contributed by atoms with Gasteiger partial charge in [-0.1, -0.05) is 6.07 Å². The number of thioether (sulfide) groups is 1. The van der Waals surface area contributed by atoms with Crippen molar-refractivity contribution in [2.45, 2.75) is 30.7 Å². The molecule has 1 atom stereocenters. The molecule has 1 aliphatic rings. The minimum Gasteiger partial charge on any atom is -0.324 e. The quantitative estimate of drug-likeness (QED) is 0.857. The van der Waals surface area contributed by atoms with Crippen LogP contribution in [0.5, 0.6) is 0 Å². The second kappa shape index (κ2) is 6.09. The molecular weight excluding hydrogens is 258 g/mol. The number of hydrogen-bond acceptors (Lipinski definition) is 4. The molecule has 1 heterocycles. The van der Waals surface area contributed by atoms with E-state index < -0.39 is 0 Å². The third kappa shape index (κ3) is 3.09. The van der Waals surface area contributed by atoms with Gasteiger partial charge in [0.1, 0.15) is 0 Å². The number of anilines is 1. The highest BCUT2D eigenvalue weighted by molar-refractivity contribution is 8.00. The molecule has 0 aliphatic carbocycles. The molecule has 0 saturated heterocycles. The Morgan fingerprint density at radius 2 is 2.37 bits per heavy atom. The summed E-state index contributed by atoms with van der Waals surface area (Å²) in [6.45, 7) is 2.56. The molecule has 0 saturated carbocycles.